The lowest BCUT2D eigenvalue weighted by Gasteiger charge is -2.20. The summed E-state index contributed by atoms with van der Waals surface area (Å²) in [6.07, 6.45) is 4.16. The predicted molar refractivity (Wildman–Crippen MR) is 97.6 cm³/mol. The van der Waals surface area contributed by atoms with Gasteiger partial charge in [-0.1, -0.05) is 62.2 Å². The number of hydrogen-bond acceptors (Lipinski definition) is 5. The molecule has 0 aliphatic rings. The number of nitrogens with two attached hydrogens (primary N) is 1. The SMILES string of the molecule is CCC(C)C(NC(=O)CCCCCN)c1nc(-c2ccccc2)no1. The van der Waals surface area contributed by atoms with Gasteiger partial charge < -0.3 is 15.6 Å². The summed E-state index contributed by atoms with van der Waals surface area (Å²) in [7, 11) is 0. The topological polar surface area (TPSA) is 94.0 Å². The number of amides is 1. The van der Waals surface area contributed by atoms with Gasteiger partial charge in [0.1, 0.15) is 6.04 Å². The minimum atomic E-state index is -0.267. The molecule has 0 fully saturated rings. The highest BCUT2D eigenvalue weighted by Gasteiger charge is 2.26. The van der Waals surface area contributed by atoms with E-state index in [1.54, 1.807) is 0 Å². The lowest BCUT2D eigenvalue weighted by molar-refractivity contribution is -0.122. The van der Waals surface area contributed by atoms with Crippen LogP contribution in [0.5, 0.6) is 0 Å². The standard InChI is InChI=1S/C19H28N4O2/c1-3-14(2)17(21-16(24)12-8-5-9-13-20)19-22-18(23-25-19)15-10-6-4-7-11-15/h4,6-7,10-11,14,17H,3,5,8-9,12-13,20H2,1-2H3,(H,21,24). The first-order valence-corrected chi connectivity index (χ1v) is 9.04. The van der Waals surface area contributed by atoms with Crippen molar-refractivity contribution in [2.24, 2.45) is 11.7 Å². The third kappa shape index (κ3) is 5.67. The number of hydrogen-bond donors (Lipinski definition) is 2. The minimum absolute atomic E-state index is 0.0155. The van der Waals surface area contributed by atoms with Crippen LogP contribution in [0.1, 0.15) is 57.9 Å². The van der Waals surface area contributed by atoms with Crippen molar-refractivity contribution >= 4 is 5.91 Å². The van der Waals surface area contributed by atoms with Gasteiger partial charge >= 0.3 is 0 Å². The van der Waals surface area contributed by atoms with Crippen molar-refractivity contribution in [1.82, 2.24) is 15.5 Å². The normalized spacial score (nSPS) is 13.4. The molecule has 0 radical (unpaired) electrons. The smallest absolute Gasteiger partial charge is 0.249 e. The van der Waals surface area contributed by atoms with Gasteiger partial charge in [0.25, 0.3) is 0 Å². The molecule has 1 amide bonds. The van der Waals surface area contributed by atoms with E-state index in [2.05, 4.69) is 29.3 Å². The number of aromatic nitrogens is 2. The maximum absolute atomic E-state index is 12.3. The van der Waals surface area contributed by atoms with Crippen molar-refractivity contribution in [3.05, 3.63) is 36.2 Å². The van der Waals surface area contributed by atoms with Gasteiger partial charge in [-0.15, -0.1) is 0 Å². The van der Waals surface area contributed by atoms with Crippen LogP contribution in [0.25, 0.3) is 11.4 Å². The molecule has 1 heterocycles. The Morgan fingerprint density at radius 3 is 2.68 bits per heavy atom. The Morgan fingerprint density at radius 1 is 1.24 bits per heavy atom. The molecule has 6 nitrogen and oxygen atoms in total. The van der Waals surface area contributed by atoms with Gasteiger partial charge in [0.15, 0.2) is 0 Å². The first kappa shape index (κ1) is 19.1. The number of nitrogens with zero attached hydrogens (tertiary/aromatic N) is 2. The van der Waals surface area contributed by atoms with Gasteiger partial charge in [0.05, 0.1) is 0 Å². The highest BCUT2D eigenvalue weighted by molar-refractivity contribution is 5.76. The number of unbranched alkanes of at least 4 members (excludes halogenated alkanes) is 2. The van der Waals surface area contributed by atoms with E-state index in [0.717, 1.165) is 31.2 Å². The summed E-state index contributed by atoms with van der Waals surface area (Å²) < 4.78 is 5.46. The van der Waals surface area contributed by atoms with Crippen molar-refractivity contribution < 1.29 is 9.32 Å². The van der Waals surface area contributed by atoms with E-state index in [1.807, 2.05) is 30.3 Å². The molecule has 2 atom stereocenters. The maximum Gasteiger partial charge on any atom is 0.249 e. The van der Waals surface area contributed by atoms with Crippen LogP contribution in [0.3, 0.4) is 0 Å². The fourth-order valence-corrected chi connectivity index (χ4v) is 2.60. The molecule has 2 aromatic rings. The molecular formula is C19H28N4O2. The molecule has 0 bridgehead atoms. The fourth-order valence-electron chi connectivity index (χ4n) is 2.60. The molecule has 1 aromatic heterocycles. The summed E-state index contributed by atoms with van der Waals surface area (Å²) in [6.45, 7) is 4.83. The number of carbonyl (C=O) groups excluding carboxylic acids is 1. The van der Waals surface area contributed by atoms with Crippen LogP contribution in [0.4, 0.5) is 0 Å². The Morgan fingerprint density at radius 2 is 2.00 bits per heavy atom. The average molecular weight is 344 g/mol. The average Bonchev–Trinajstić information content (AvgIpc) is 3.13. The Balaban J connectivity index is 2.05. The highest BCUT2D eigenvalue weighted by atomic mass is 16.5. The van der Waals surface area contributed by atoms with Gasteiger partial charge in [0.2, 0.25) is 17.6 Å². The Bertz CT molecular complexity index is 642. The van der Waals surface area contributed by atoms with E-state index < -0.39 is 0 Å². The fraction of sp³-hybridized carbons (Fsp3) is 0.526. The molecule has 3 N–H and O–H groups in total. The molecule has 2 rings (SSSR count). The van der Waals surface area contributed by atoms with Gasteiger partial charge in [-0.2, -0.15) is 4.98 Å². The Hall–Kier alpha value is -2.21. The summed E-state index contributed by atoms with van der Waals surface area (Å²) in [5, 5.41) is 7.13. The Kier molecular flexibility index (Phi) is 7.60. The molecule has 25 heavy (non-hydrogen) atoms. The van der Waals surface area contributed by atoms with Gasteiger partial charge in [-0.05, 0) is 25.3 Å². The summed E-state index contributed by atoms with van der Waals surface area (Å²) in [6, 6.07) is 9.40. The number of carbonyl (C=O) groups is 1. The van der Waals surface area contributed by atoms with E-state index in [0.29, 0.717) is 24.7 Å². The zero-order valence-corrected chi connectivity index (χ0v) is 15.1. The van der Waals surface area contributed by atoms with Crippen LogP contribution in [0, 0.1) is 5.92 Å². The third-order valence-corrected chi connectivity index (χ3v) is 4.38. The third-order valence-electron chi connectivity index (χ3n) is 4.38. The highest BCUT2D eigenvalue weighted by Crippen LogP contribution is 2.25. The van der Waals surface area contributed by atoms with Gasteiger partial charge in [0, 0.05) is 12.0 Å². The van der Waals surface area contributed by atoms with Crippen molar-refractivity contribution in [2.75, 3.05) is 6.54 Å². The second kappa shape index (κ2) is 9.93. The van der Waals surface area contributed by atoms with Crippen LogP contribution in [0.2, 0.25) is 0 Å². The van der Waals surface area contributed by atoms with Crippen LogP contribution in [-0.2, 0) is 4.79 Å². The van der Waals surface area contributed by atoms with Crippen LogP contribution < -0.4 is 11.1 Å². The van der Waals surface area contributed by atoms with E-state index in [-0.39, 0.29) is 17.9 Å². The lowest BCUT2D eigenvalue weighted by Crippen LogP contribution is -2.32. The van der Waals surface area contributed by atoms with Crippen LogP contribution in [-0.4, -0.2) is 22.6 Å². The number of nitrogens with one attached hydrogen (secondary N) is 1. The molecule has 136 valence electrons. The molecule has 0 saturated carbocycles. The zero-order valence-electron chi connectivity index (χ0n) is 15.1. The quantitative estimate of drug-likeness (QED) is 0.644. The molecule has 2 unspecified atom stereocenters. The van der Waals surface area contributed by atoms with E-state index in [4.69, 9.17) is 10.3 Å². The molecule has 0 aliphatic heterocycles. The molecule has 0 aliphatic carbocycles. The largest absolute Gasteiger partial charge is 0.344 e. The summed E-state index contributed by atoms with van der Waals surface area (Å²) in [5.74, 6) is 1.23. The molecule has 0 saturated heterocycles. The molecule has 6 heteroatoms. The maximum atomic E-state index is 12.3. The van der Waals surface area contributed by atoms with Gasteiger partial charge in [-0.3, -0.25) is 4.79 Å². The second-order valence-corrected chi connectivity index (χ2v) is 6.35. The zero-order chi connectivity index (χ0) is 18.1. The van der Waals surface area contributed by atoms with Crippen molar-refractivity contribution in [1.29, 1.82) is 0 Å². The van der Waals surface area contributed by atoms with E-state index in [9.17, 15) is 4.79 Å². The van der Waals surface area contributed by atoms with E-state index >= 15 is 0 Å². The monoisotopic (exact) mass is 344 g/mol. The van der Waals surface area contributed by atoms with Gasteiger partial charge in [-0.25, -0.2) is 0 Å². The number of rotatable bonds is 10. The summed E-state index contributed by atoms with van der Waals surface area (Å²) >= 11 is 0. The summed E-state index contributed by atoms with van der Waals surface area (Å²) in [5.41, 5.74) is 6.38. The summed E-state index contributed by atoms with van der Waals surface area (Å²) in [4.78, 5) is 16.8. The number of benzene rings is 1. The van der Waals surface area contributed by atoms with Crippen molar-refractivity contribution in [3.63, 3.8) is 0 Å². The van der Waals surface area contributed by atoms with E-state index in [1.165, 1.54) is 0 Å². The minimum Gasteiger partial charge on any atom is -0.344 e. The van der Waals surface area contributed by atoms with Crippen LogP contribution >= 0.6 is 0 Å². The second-order valence-electron chi connectivity index (χ2n) is 6.35. The first-order chi connectivity index (χ1) is 12.2. The molecule has 1 aromatic carbocycles. The first-order valence-electron chi connectivity index (χ1n) is 9.04. The molecular weight excluding hydrogens is 316 g/mol. The Labute approximate surface area is 149 Å². The van der Waals surface area contributed by atoms with Crippen LogP contribution in [0.15, 0.2) is 34.9 Å². The predicted octanol–water partition coefficient (Wildman–Crippen LogP) is 3.46. The van der Waals surface area contributed by atoms with Crippen molar-refractivity contribution in [2.45, 2.75) is 52.0 Å². The lowest BCUT2D eigenvalue weighted by atomic mass is 9.98. The van der Waals surface area contributed by atoms with Crippen molar-refractivity contribution in [3.8, 4) is 11.4 Å². The molecule has 0 spiro atoms.